The third-order valence-electron chi connectivity index (χ3n) is 2.64. The van der Waals surface area contributed by atoms with Crippen molar-refractivity contribution < 1.29 is 9.47 Å². The van der Waals surface area contributed by atoms with Crippen molar-refractivity contribution >= 4 is 11.3 Å². The Morgan fingerprint density at radius 2 is 2.16 bits per heavy atom. The van der Waals surface area contributed by atoms with Gasteiger partial charge in [-0.1, -0.05) is 6.07 Å². The highest BCUT2D eigenvalue weighted by Gasteiger charge is 2.05. The van der Waals surface area contributed by atoms with Crippen LogP contribution in [-0.4, -0.2) is 18.7 Å². The van der Waals surface area contributed by atoms with Crippen LogP contribution in [0.5, 0.6) is 11.5 Å². The predicted molar refractivity (Wildman–Crippen MR) is 76.8 cm³/mol. The number of nitrogens with zero attached hydrogens (tertiary/aromatic N) is 1. The lowest BCUT2D eigenvalue weighted by Crippen LogP contribution is -2.12. The van der Waals surface area contributed by atoms with Crippen LogP contribution in [-0.2, 0) is 13.1 Å². The van der Waals surface area contributed by atoms with Crippen molar-refractivity contribution in [3.05, 3.63) is 40.3 Å². The molecule has 0 aliphatic carbocycles. The summed E-state index contributed by atoms with van der Waals surface area (Å²) < 4.78 is 10.8. The molecule has 1 N–H and O–H groups in total. The number of hydrogen-bond acceptors (Lipinski definition) is 5. The first-order chi connectivity index (χ1) is 9.33. The zero-order valence-electron chi connectivity index (χ0n) is 11.2. The summed E-state index contributed by atoms with van der Waals surface area (Å²) in [4.78, 5) is 5.29. The van der Waals surface area contributed by atoms with Crippen molar-refractivity contribution in [2.75, 3.05) is 13.7 Å². The molecule has 0 fully saturated rings. The average molecular weight is 278 g/mol. The summed E-state index contributed by atoms with van der Waals surface area (Å²) >= 11 is 1.66. The topological polar surface area (TPSA) is 43.4 Å². The zero-order chi connectivity index (χ0) is 13.5. The molecule has 4 nitrogen and oxygen atoms in total. The van der Waals surface area contributed by atoms with Gasteiger partial charge in [0.25, 0.3) is 0 Å². The van der Waals surface area contributed by atoms with E-state index >= 15 is 0 Å². The van der Waals surface area contributed by atoms with Gasteiger partial charge in [-0.3, -0.25) is 4.98 Å². The maximum atomic E-state index is 5.56. The summed E-state index contributed by atoms with van der Waals surface area (Å²) in [7, 11) is 1.65. The molecule has 2 rings (SSSR count). The van der Waals surface area contributed by atoms with E-state index in [9.17, 15) is 0 Å². The van der Waals surface area contributed by atoms with Gasteiger partial charge in [0.15, 0.2) is 11.5 Å². The smallest absolute Gasteiger partial charge is 0.161 e. The van der Waals surface area contributed by atoms with Crippen LogP contribution in [0.1, 0.15) is 17.4 Å². The van der Waals surface area contributed by atoms with Crippen LogP contribution in [0.2, 0.25) is 0 Å². The Balaban J connectivity index is 1.94. The first kappa shape index (κ1) is 13.8. The number of benzene rings is 1. The van der Waals surface area contributed by atoms with E-state index in [1.54, 1.807) is 18.4 Å². The van der Waals surface area contributed by atoms with Crippen molar-refractivity contribution in [1.29, 1.82) is 0 Å². The van der Waals surface area contributed by atoms with Gasteiger partial charge < -0.3 is 14.8 Å². The minimum absolute atomic E-state index is 0.633. The number of thiazole rings is 1. The fraction of sp³-hybridized carbons (Fsp3) is 0.357. The van der Waals surface area contributed by atoms with E-state index in [-0.39, 0.29) is 0 Å². The van der Waals surface area contributed by atoms with E-state index in [0.29, 0.717) is 6.61 Å². The van der Waals surface area contributed by atoms with Gasteiger partial charge >= 0.3 is 0 Å². The largest absolute Gasteiger partial charge is 0.493 e. The van der Waals surface area contributed by atoms with E-state index in [2.05, 4.69) is 10.3 Å². The van der Waals surface area contributed by atoms with Gasteiger partial charge in [-0.25, -0.2) is 0 Å². The van der Waals surface area contributed by atoms with Crippen LogP contribution in [0.3, 0.4) is 0 Å². The van der Waals surface area contributed by atoms with Crippen molar-refractivity contribution in [1.82, 2.24) is 10.3 Å². The maximum absolute atomic E-state index is 5.56. The third-order valence-corrected chi connectivity index (χ3v) is 3.42. The Morgan fingerprint density at radius 1 is 1.26 bits per heavy atom. The second kappa shape index (κ2) is 7.11. The number of ether oxygens (including phenoxy) is 2. The molecule has 1 aromatic carbocycles. The lowest BCUT2D eigenvalue weighted by Gasteiger charge is -2.11. The molecule has 0 unspecified atom stereocenters. The molecule has 0 bridgehead atoms. The molecule has 0 aliphatic heterocycles. The lowest BCUT2D eigenvalue weighted by atomic mass is 10.2. The molecule has 0 saturated heterocycles. The minimum Gasteiger partial charge on any atom is -0.493 e. The summed E-state index contributed by atoms with van der Waals surface area (Å²) in [6.45, 7) is 4.23. The normalized spacial score (nSPS) is 10.4. The van der Waals surface area contributed by atoms with Gasteiger partial charge in [0.2, 0.25) is 0 Å². The summed E-state index contributed by atoms with van der Waals surface area (Å²) in [5, 5.41) is 3.38. The first-order valence-electron chi connectivity index (χ1n) is 6.21. The second-order valence-electron chi connectivity index (χ2n) is 3.99. The van der Waals surface area contributed by atoms with Crippen LogP contribution >= 0.6 is 11.3 Å². The summed E-state index contributed by atoms with van der Waals surface area (Å²) in [6, 6.07) is 6.00. The summed E-state index contributed by atoms with van der Waals surface area (Å²) in [5.41, 5.74) is 3.02. The van der Waals surface area contributed by atoms with Gasteiger partial charge in [0.05, 0.1) is 19.2 Å². The molecule has 102 valence electrons. The molecule has 5 heteroatoms. The van der Waals surface area contributed by atoms with E-state index in [1.165, 1.54) is 10.4 Å². The van der Waals surface area contributed by atoms with Crippen LogP contribution in [0, 0.1) is 0 Å². The van der Waals surface area contributed by atoms with E-state index < -0.39 is 0 Å². The third kappa shape index (κ3) is 3.94. The van der Waals surface area contributed by atoms with Crippen molar-refractivity contribution in [2.24, 2.45) is 0 Å². The number of nitrogens with one attached hydrogen (secondary N) is 1. The molecular weight excluding hydrogens is 260 g/mol. The SMILES string of the molecule is CCOc1cc(CNCc2cncs2)ccc1OC. The molecule has 19 heavy (non-hydrogen) atoms. The number of rotatable bonds is 7. The van der Waals surface area contributed by atoms with Crippen molar-refractivity contribution in [3.63, 3.8) is 0 Å². The summed E-state index contributed by atoms with van der Waals surface area (Å²) in [5.74, 6) is 1.56. The standard InChI is InChI=1S/C14H18N2O2S/c1-3-18-14-6-11(4-5-13(14)17-2)7-15-8-12-9-16-10-19-12/h4-6,9-10,15H,3,7-8H2,1-2H3. The Bertz CT molecular complexity index is 500. The monoisotopic (exact) mass is 278 g/mol. The Morgan fingerprint density at radius 3 is 2.84 bits per heavy atom. The van der Waals surface area contributed by atoms with Gasteiger partial charge in [-0.05, 0) is 24.6 Å². The molecule has 0 aliphatic rings. The lowest BCUT2D eigenvalue weighted by molar-refractivity contribution is 0.310. The summed E-state index contributed by atoms with van der Waals surface area (Å²) in [6.07, 6.45) is 1.89. The molecule has 0 amide bonds. The van der Waals surface area contributed by atoms with Gasteiger partial charge in [0.1, 0.15) is 0 Å². The highest BCUT2D eigenvalue weighted by Crippen LogP contribution is 2.27. The van der Waals surface area contributed by atoms with Gasteiger partial charge in [-0.2, -0.15) is 0 Å². The molecule has 1 aromatic heterocycles. The highest BCUT2D eigenvalue weighted by molar-refractivity contribution is 7.09. The Hall–Kier alpha value is -1.59. The minimum atomic E-state index is 0.633. The van der Waals surface area contributed by atoms with Gasteiger partial charge in [-0.15, -0.1) is 11.3 Å². The van der Waals surface area contributed by atoms with Crippen LogP contribution in [0.15, 0.2) is 29.9 Å². The van der Waals surface area contributed by atoms with Crippen LogP contribution in [0.25, 0.3) is 0 Å². The molecule has 0 saturated carbocycles. The zero-order valence-corrected chi connectivity index (χ0v) is 12.0. The molecule has 0 spiro atoms. The van der Waals surface area contributed by atoms with E-state index in [0.717, 1.165) is 24.6 Å². The number of aromatic nitrogens is 1. The molecule has 0 radical (unpaired) electrons. The average Bonchev–Trinajstić information content (AvgIpc) is 2.93. The van der Waals surface area contributed by atoms with Gasteiger partial charge in [0, 0.05) is 24.2 Å². The van der Waals surface area contributed by atoms with Crippen LogP contribution in [0.4, 0.5) is 0 Å². The second-order valence-corrected chi connectivity index (χ2v) is 4.96. The van der Waals surface area contributed by atoms with Crippen molar-refractivity contribution in [2.45, 2.75) is 20.0 Å². The molecule has 2 aromatic rings. The molecular formula is C14H18N2O2S. The van der Waals surface area contributed by atoms with Crippen LogP contribution < -0.4 is 14.8 Å². The maximum Gasteiger partial charge on any atom is 0.161 e. The fourth-order valence-corrected chi connectivity index (χ4v) is 2.32. The Kier molecular flexibility index (Phi) is 5.18. The first-order valence-corrected chi connectivity index (χ1v) is 7.09. The predicted octanol–water partition coefficient (Wildman–Crippen LogP) is 2.84. The number of hydrogen-bond donors (Lipinski definition) is 1. The van der Waals surface area contributed by atoms with Crippen molar-refractivity contribution in [3.8, 4) is 11.5 Å². The van der Waals surface area contributed by atoms with E-state index in [4.69, 9.17) is 9.47 Å². The number of methoxy groups -OCH3 is 1. The quantitative estimate of drug-likeness (QED) is 0.846. The fourth-order valence-electron chi connectivity index (χ4n) is 1.76. The van der Waals surface area contributed by atoms with E-state index in [1.807, 2.05) is 36.8 Å². The molecule has 1 heterocycles. The Labute approximate surface area is 117 Å². The molecule has 0 atom stereocenters. The highest BCUT2D eigenvalue weighted by atomic mass is 32.1.